The van der Waals surface area contributed by atoms with Crippen molar-refractivity contribution in [1.29, 1.82) is 0 Å². The van der Waals surface area contributed by atoms with Crippen LogP contribution in [0.15, 0.2) is 24.3 Å². The number of fused-ring (bicyclic) bond motifs is 1. The Morgan fingerprint density at radius 3 is 2.51 bits per heavy atom. The number of benzene rings is 1. The molecular formula is C28H41N3O6. The highest BCUT2D eigenvalue weighted by Crippen LogP contribution is 2.64. The summed E-state index contributed by atoms with van der Waals surface area (Å²) in [4.78, 5) is 42.8. The maximum atomic E-state index is 13.9. The van der Waals surface area contributed by atoms with Gasteiger partial charge in [0.05, 0.1) is 24.0 Å². The minimum Gasteiger partial charge on any atom is -0.494 e. The number of amides is 3. The van der Waals surface area contributed by atoms with E-state index < -0.39 is 29.1 Å². The molecule has 1 aromatic carbocycles. The largest absolute Gasteiger partial charge is 0.494 e. The number of rotatable bonds is 13. The molecule has 2 bridgehead atoms. The van der Waals surface area contributed by atoms with Crippen molar-refractivity contribution in [2.75, 3.05) is 31.6 Å². The van der Waals surface area contributed by atoms with Crippen LogP contribution in [0.4, 0.5) is 5.69 Å². The summed E-state index contributed by atoms with van der Waals surface area (Å²) in [6.45, 7) is 7.23. The average molecular weight is 516 g/mol. The molecule has 3 saturated heterocycles. The fourth-order valence-corrected chi connectivity index (χ4v) is 6.60. The van der Waals surface area contributed by atoms with E-state index in [1.54, 1.807) is 29.2 Å². The normalized spacial score (nSPS) is 29.9. The molecule has 4 rings (SSSR count). The first-order valence-corrected chi connectivity index (χ1v) is 13.8. The Morgan fingerprint density at radius 1 is 1.11 bits per heavy atom. The number of nitrogens with one attached hydrogen (secondary N) is 2. The molecule has 3 heterocycles. The van der Waals surface area contributed by atoms with Crippen LogP contribution in [0.3, 0.4) is 0 Å². The number of hydrogen-bond donors (Lipinski definition) is 3. The van der Waals surface area contributed by atoms with Gasteiger partial charge < -0.3 is 30.1 Å². The second kappa shape index (κ2) is 11.4. The number of aliphatic hydroxyl groups excluding tert-OH is 1. The van der Waals surface area contributed by atoms with Gasteiger partial charge in [-0.2, -0.15) is 0 Å². The zero-order valence-electron chi connectivity index (χ0n) is 22.3. The van der Waals surface area contributed by atoms with Gasteiger partial charge in [0.15, 0.2) is 0 Å². The van der Waals surface area contributed by atoms with Gasteiger partial charge in [-0.3, -0.25) is 14.4 Å². The number of anilines is 1. The van der Waals surface area contributed by atoms with Gasteiger partial charge in [0.2, 0.25) is 17.7 Å². The van der Waals surface area contributed by atoms with E-state index in [1.165, 1.54) is 0 Å². The Hall–Kier alpha value is -2.65. The summed E-state index contributed by atoms with van der Waals surface area (Å²) < 4.78 is 12.2. The van der Waals surface area contributed by atoms with E-state index in [4.69, 9.17) is 9.47 Å². The van der Waals surface area contributed by atoms with Crippen molar-refractivity contribution in [3.05, 3.63) is 24.3 Å². The van der Waals surface area contributed by atoms with Crippen LogP contribution in [0.5, 0.6) is 5.75 Å². The van der Waals surface area contributed by atoms with E-state index in [2.05, 4.69) is 17.6 Å². The quantitative estimate of drug-likeness (QED) is 0.348. The number of likely N-dealkylation sites (tertiary alicyclic amines) is 1. The molecule has 5 atom stereocenters. The van der Waals surface area contributed by atoms with Crippen molar-refractivity contribution in [2.24, 2.45) is 11.8 Å². The van der Waals surface area contributed by atoms with Crippen molar-refractivity contribution < 1.29 is 29.0 Å². The lowest BCUT2D eigenvalue weighted by Gasteiger charge is -2.34. The first-order chi connectivity index (χ1) is 17.9. The topological polar surface area (TPSA) is 117 Å². The van der Waals surface area contributed by atoms with Gasteiger partial charge in [0, 0.05) is 25.4 Å². The molecule has 0 aliphatic carbocycles. The molecule has 1 aromatic rings. The average Bonchev–Trinajstić information content (AvgIpc) is 3.50. The number of carbonyl (C=O) groups excluding carboxylic acids is 3. The second-order valence-electron chi connectivity index (χ2n) is 10.4. The van der Waals surface area contributed by atoms with Crippen LogP contribution < -0.4 is 15.4 Å². The van der Waals surface area contributed by atoms with Gasteiger partial charge in [-0.05, 0) is 63.3 Å². The van der Waals surface area contributed by atoms with Gasteiger partial charge >= 0.3 is 0 Å². The van der Waals surface area contributed by atoms with E-state index >= 15 is 0 Å². The lowest BCUT2D eigenvalue weighted by molar-refractivity contribution is -0.146. The van der Waals surface area contributed by atoms with Crippen LogP contribution >= 0.6 is 0 Å². The highest BCUT2D eigenvalue weighted by molar-refractivity contribution is 6.02. The van der Waals surface area contributed by atoms with Crippen LogP contribution in [0.1, 0.15) is 65.7 Å². The summed E-state index contributed by atoms with van der Waals surface area (Å²) >= 11 is 0. The third kappa shape index (κ3) is 4.83. The molecule has 2 unspecified atom stereocenters. The fourth-order valence-electron chi connectivity index (χ4n) is 6.60. The SMILES string of the molecule is CCCCCNC(=O)C1N(CCCO)C(=O)[C@@H]2[C@@H](C(=O)Nc3ccc(OCC)cc3)[C@@]3(CC)CCC12O3. The minimum absolute atomic E-state index is 0.0896. The van der Waals surface area contributed by atoms with Crippen molar-refractivity contribution >= 4 is 23.4 Å². The molecule has 204 valence electrons. The molecule has 3 amide bonds. The Balaban J connectivity index is 1.62. The van der Waals surface area contributed by atoms with Crippen molar-refractivity contribution in [2.45, 2.75) is 83.0 Å². The van der Waals surface area contributed by atoms with Crippen LogP contribution in [0.2, 0.25) is 0 Å². The first-order valence-electron chi connectivity index (χ1n) is 13.8. The molecule has 0 aromatic heterocycles. The summed E-state index contributed by atoms with van der Waals surface area (Å²) in [5, 5.41) is 15.5. The van der Waals surface area contributed by atoms with Crippen LogP contribution in [-0.2, 0) is 19.1 Å². The second-order valence-corrected chi connectivity index (χ2v) is 10.4. The minimum atomic E-state index is -1.04. The molecule has 3 aliphatic rings. The van der Waals surface area contributed by atoms with Gasteiger partial charge in [-0.1, -0.05) is 26.7 Å². The van der Waals surface area contributed by atoms with Crippen molar-refractivity contribution in [3.63, 3.8) is 0 Å². The van der Waals surface area contributed by atoms with Gasteiger partial charge in [-0.15, -0.1) is 0 Å². The maximum absolute atomic E-state index is 13.9. The lowest BCUT2D eigenvalue weighted by Crippen LogP contribution is -2.55. The van der Waals surface area contributed by atoms with Crippen LogP contribution in [-0.4, -0.2) is 71.3 Å². The molecule has 37 heavy (non-hydrogen) atoms. The Bertz CT molecular complexity index is 985. The number of ether oxygens (including phenoxy) is 2. The van der Waals surface area contributed by atoms with E-state index in [1.807, 2.05) is 13.8 Å². The predicted octanol–water partition coefficient (Wildman–Crippen LogP) is 2.87. The summed E-state index contributed by atoms with van der Waals surface area (Å²) in [5.74, 6) is -1.47. The summed E-state index contributed by atoms with van der Waals surface area (Å²) in [6, 6.07) is 6.34. The Morgan fingerprint density at radius 2 is 1.86 bits per heavy atom. The standard InChI is InChI=1S/C28H41N3O6/c1-4-7-8-16-29-25(34)23-28-15-14-27(5-2,37-28)21(22(28)26(35)31(23)17-9-18-32)24(33)30-19-10-12-20(13-11-19)36-6-3/h10-13,21-23,32H,4-9,14-18H2,1-3H3,(H,29,34)(H,30,33)/t21-,22-,23?,27+,28?/m0/s1. The molecule has 3 N–H and O–H groups in total. The zero-order chi connectivity index (χ0) is 26.6. The van der Waals surface area contributed by atoms with E-state index in [0.29, 0.717) is 50.3 Å². The predicted molar refractivity (Wildman–Crippen MR) is 139 cm³/mol. The van der Waals surface area contributed by atoms with Crippen molar-refractivity contribution in [1.82, 2.24) is 10.2 Å². The molecule has 3 aliphatic heterocycles. The number of carbonyl (C=O) groups is 3. The molecule has 9 heteroatoms. The summed E-state index contributed by atoms with van der Waals surface area (Å²) in [6.07, 6.45) is 5.00. The third-order valence-corrected chi connectivity index (χ3v) is 8.28. The van der Waals surface area contributed by atoms with Gasteiger partial charge in [0.25, 0.3) is 0 Å². The number of hydrogen-bond acceptors (Lipinski definition) is 6. The first kappa shape index (κ1) is 27.4. The number of nitrogens with zero attached hydrogens (tertiary/aromatic N) is 1. The van der Waals surface area contributed by atoms with E-state index in [0.717, 1.165) is 19.3 Å². The molecule has 9 nitrogen and oxygen atoms in total. The monoisotopic (exact) mass is 515 g/mol. The number of unbranched alkanes of at least 4 members (excludes halogenated alkanes) is 2. The number of aliphatic hydroxyl groups is 1. The fraction of sp³-hybridized carbons (Fsp3) is 0.679. The Labute approximate surface area is 219 Å². The molecule has 0 radical (unpaired) electrons. The maximum Gasteiger partial charge on any atom is 0.245 e. The van der Waals surface area contributed by atoms with Gasteiger partial charge in [-0.25, -0.2) is 0 Å². The molecule has 0 saturated carbocycles. The Kier molecular flexibility index (Phi) is 8.43. The highest BCUT2D eigenvalue weighted by Gasteiger charge is 2.78. The molecule has 3 fully saturated rings. The highest BCUT2D eigenvalue weighted by atomic mass is 16.5. The summed E-state index contributed by atoms with van der Waals surface area (Å²) in [5.41, 5.74) is -1.22. The summed E-state index contributed by atoms with van der Waals surface area (Å²) in [7, 11) is 0. The zero-order valence-corrected chi connectivity index (χ0v) is 22.3. The van der Waals surface area contributed by atoms with Gasteiger partial charge in [0.1, 0.15) is 17.4 Å². The van der Waals surface area contributed by atoms with E-state index in [-0.39, 0.29) is 30.9 Å². The van der Waals surface area contributed by atoms with Crippen LogP contribution in [0.25, 0.3) is 0 Å². The van der Waals surface area contributed by atoms with Crippen molar-refractivity contribution in [3.8, 4) is 5.75 Å². The third-order valence-electron chi connectivity index (χ3n) is 8.28. The van der Waals surface area contributed by atoms with Crippen LogP contribution in [0, 0.1) is 11.8 Å². The molecular weight excluding hydrogens is 474 g/mol. The van der Waals surface area contributed by atoms with E-state index in [9.17, 15) is 19.5 Å². The smallest absolute Gasteiger partial charge is 0.245 e. The lowest BCUT2D eigenvalue weighted by atomic mass is 9.65. The molecule has 1 spiro atoms.